The van der Waals surface area contributed by atoms with Gasteiger partial charge in [-0.25, -0.2) is 0 Å². The molecule has 0 radical (unpaired) electrons. The van der Waals surface area contributed by atoms with E-state index in [1.807, 2.05) is 30.3 Å². The number of likely N-dealkylation sites (tertiary alicyclic amines) is 1. The molecule has 0 bridgehead atoms. The molecule has 1 saturated heterocycles. The van der Waals surface area contributed by atoms with Crippen molar-refractivity contribution in [2.75, 3.05) is 33.3 Å². The monoisotopic (exact) mass is 423 g/mol. The molecule has 2 aromatic rings. The molecule has 0 saturated carbocycles. The number of benzene rings is 2. The van der Waals surface area contributed by atoms with Gasteiger partial charge in [0.15, 0.2) is 0 Å². The standard InChI is InChI=1S/C25H28ClN2O2/c1-30-25-9-6-22(18-23(25)3-2-16-29)19-27-12-15-28-13-10-21(11-14-28)17-20-4-7-24(26)8-5-20/h2-9,16,18,21H,10-15,17H2,1H3/q+1/b3-2+. The molecule has 0 amide bonds. The number of carbonyl (C=O) groups is 1. The van der Waals surface area contributed by atoms with E-state index in [9.17, 15) is 4.79 Å². The summed E-state index contributed by atoms with van der Waals surface area (Å²) in [6.07, 6.45) is 7.51. The second-order valence-electron chi connectivity index (χ2n) is 7.56. The van der Waals surface area contributed by atoms with Crippen LogP contribution in [-0.4, -0.2) is 44.5 Å². The number of nitrogens with zero attached hydrogens (tertiary/aromatic N) is 2. The van der Waals surface area contributed by atoms with Crippen molar-refractivity contribution in [3.05, 3.63) is 75.1 Å². The van der Waals surface area contributed by atoms with Crippen molar-refractivity contribution < 1.29 is 9.53 Å². The van der Waals surface area contributed by atoms with Gasteiger partial charge in [0.1, 0.15) is 17.6 Å². The van der Waals surface area contributed by atoms with Crippen LogP contribution in [0.1, 0.15) is 29.5 Å². The van der Waals surface area contributed by atoms with E-state index >= 15 is 0 Å². The minimum absolute atomic E-state index is 0.722. The number of allylic oxidation sites excluding steroid dienone is 1. The van der Waals surface area contributed by atoms with Crippen LogP contribution in [0.25, 0.3) is 10.9 Å². The third-order valence-electron chi connectivity index (χ3n) is 5.47. The van der Waals surface area contributed by atoms with E-state index in [4.69, 9.17) is 16.3 Å². The van der Waals surface area contributed by atoms with Crippen molar-refractivity contribution in [2.45, 2.75) is 19.3 Å². The molecule has 0 unspecified atom stereocenters. The average molecular weight is 424 g/mol. The Morgan fingerprint density at radius 2 is 1.97 bits per heavy atom. The van der Waals surface area contributed by atoms with E-state index in [1.54, 1.807) is 13.2 Å². The Morgan fingerprint density at radius 3 is 2.67 bits per heavy atom. The molecule has 2 aromatic carbocycles. The fourth-order valence-corrected chi connectivity index (χ4v) is 3.91. The molecule has 0 aliphatic carbocycles. The van der Waals surface area contributed by atoms with Crippen molar-refractivity contribution in [1.29, 1.82) is 0 Å². The van der Waals surface area contributed by atoms with Gasteiger partial charge in [-0.3, -0.25) is 9.69 Å². The second-order valence-corrected chi connectivity index (χ2v) is 8.00. The number of hydrogen-bond acceptors (Lipinski definition) is 3. The van der Waals surface area contributed by atoms with Gasteiger partial charge in [0.2, 0.25) is 0 Å². The highest BCUT2D eigenvalue weighted by molar-refractivity contribution is 6.30. The topological polar surface area (TPSA) is 33.9 Å². The van der Waals surface area contributed by atoms with Crippen LogP contribution in [-0.2, 0) is 11.2 Å². The molecule has 0 spiro atoms. The van der Waals surface area contributed by atoms with Gasteiger partial charge >= 0.3 is 6.07 Å². The first-order valence-electron chi connectivity index (χ1n) is 10.4. The Kier molecular flexibility index (Phi) is 8.50. The summed E-state index contributed by atoms with van der Waals surface area (Å²) in [7, 11) is 1.61. The van der Waals surface area contributed by atoms with Crippen molar-refractivity contribution in [3.63, 3.8) is 0 Å². The number of methoxy groups -OCH3 is 1. The van der Waals surface area contributed by atoms with Crippen LogP contribution >= 0.6 is 11.6 Å². The van der Waals surface area contributed by atoms with Crippen LogP contribution < -0.4 is 4.74 Å². The normalized spacial score (nSPS) is 15.0. The minimum Gasteiger partial charge on any atom is -0.496 e. The van der Waals surface area contributed by atoms with Gasteiger partial charge in [-0.2, -0.15) is 0 Å². The lowest BCUT2D eigenvalue weighted by atomic mass is 9.90. The molecular formula is C25H28ClN2O2+. The summed E-state index contributed by atoms with van der Waals surface area (Å²) >= 11 is 5.97. The summed E-state index contributed by atoms with van der Waals surface area (Å²) in [5.41, 5.74) is 3.09. The molecule has 0 aromatic heterocycles. The molecule has 1 aliphatic heterocycles. The molecule has 0 N–H and O–H groups in total. The van der Waals surface area contributed by atoms with Crippen molar-refractivity contribution in [2.24, 2.45) is 5.92 Å². The van der Waals surface area contributed by atoms with Crippen molar-refractivity contribution in [1.82, 2.24) is 4.90 Å². The highest BCUT2D eigenvalue weighted by atomic mass is 35.5. The maximum atomic E-state index is 10.6. The van der Waals surface area contributed by atoms with Crippen LogP contribution in [0.5, 0.6) is 5.75 Å². The van der Waals surface area contributed by atoms with E-state index in [0.717, 1.165) is 66.7 Å². The Morgan fingerprint density at radius 1 is 1.20 bits per heavy atom. The first-order chi connectivity index (χ1) is 14.7. The smallest absolute Gasteiger partial charge is 0.311 e. The van der Waals surface area contributed by atoms with E-state index in [2.05, 4.69) is 27.9 Å². The van der Waals surface area contributed by atoms with Gasteiger partial charge in [0, 0.05) is 10.6 Å². The zero-order valence-electron chi connectivity index (χ0n) is 17.4. The molecule has 3 rings (SSSR count). The van der Waals surface area contributed by atoms with Gasteiger partial charge in [0.25, 0.3) is 6.54 Å². The van der Waals surface area contributed by atoms with Gasteiger partial charge in [-0.05, 0) is 86.3 Å². The first-order valence-corrected chi connectivity index (χ1v) is 10.7. The maximum absolute atomic E-state index is 10.6. The van der Waals surface area contributed by atoms with E-state index in [0.29, 0.717) is 0 Å². The quantitative estimate of drug-likeness (QED) is 0.453. The summed E-state index contributed by atoms with van der Waals surface area (Å²) in [6.45, 7) is 3.93. The summed E-state index contributed by atoms with van der Waals surface area (Å²) < 4.78 is 5.32. The van der Waals surface area contributed by atoms with Crippen LogP contribution in [0.4, 0.5) is 0 Å². The summed E-state index contributed by atoms with van der Waals surface area (Å²) in [4.78, 5) is 17.5. The second kappa shape index (κ2) is 11.5. The van der Waals surface area contributed by atoms with E-state index < -0.39 is 0 Å². The van der Waals surface area contributed by atoms with Crippen LogP contribution in [0.3, 0.4) is 0 Å². The Bertz CT molecular complexity index is 920. The number of hydrogen-bond donors (Lipinski definition) is 0. The van der Waals surface area contributed by atoms with Gasteiger partial charge in [-0.1, -0.05) is 28.6 Å². The number of aldehydes is 1. The predicted octanol–water partition coefficient (Wildman–Crippen LogP) is 5.20. The lowest BCUT2D eigenvalue weighted by Crippen LogP contribution is -2.35. The predicted molar refractivity (Wildman–Crippen MR) is 124 cm³/mol. The molecule has 1 aliphatic rings. The number of rotatable bonds is 7. The Hall–Kier alpha value is -2.61. The van der Waals surface area contributed by atoms with Crippen molar-refractivity contribution in [3.8, 4) is 11.8 Å². The van der Waals surface area contributed by atoms with E-state index in [1.165, 1.54) is 24.5 Å². The lowest BCUT2D eigenvalue weighted by molar-refractivity contribution is -0.104. The molecule has 30 heavy (non-hydrogen) atoms. The number of piperidine rings is 1. The summed E-state index contributed by atoms with van der Waals surface area (Å²) in [5, 5.41) is 0.800. The Balaban J connectivity index is 1.44. The largest absolute Gasteiger partial charge is 0.496 e. The fourth-order valence-electron chi connectivity index (χ4n) is 3.78. The Labute approximate surface area is 183 Å². The van der Waals surface area contributed by atoms with Crippen molar-refractivity contribution >= 4 is 24.0 Å². The number of ether oxygens (including phenoxy) is 1. The zero-order chi connectivity index (χ0) is 21.2. The third-order valence-corrected chi connectivity index (χ3v) is 5.72. The molecule has 156 valence electrons. The molecule has 5 heteroatoms. The molecule has 4 nitrogen and oxygen atoms in total. The van der Waals surface area contributed by atoms with Gasteiger partial charge in [-0.15, -0.1) is 0 Å². The van der Waals surface area contributed by atoms with E-state index in [-0.39, 0.29) is 0 Å². The first kappa shape index (κ1) is 22.1. The highest BCUT2D eigenvalue weighted by Crippen LogP contribution is 2.23. The maximum Gasteiger partial charge on any atom is 0.311 e. The average Bonchev–Trinajstić information content (AvgIpc) is 2.78. The zero-order valence-corrected chi connectivity index (χ0v) is 18.1. The third kappa shape index (κ3) is 6.73. The van der Waals surface area contributed by atoms with Crippen LogP contribution in [0, 0.1) is 12.0 Å². The van der Waals surface area contributed by atoms with Crippen LogP contribution in [0.2, 0.25) is 5.02 Å². The molecule has 1 heterocycles. The highest BCUT2D eigenvalue weighted by Gasteiger charge is 2.20. The van der Waals surface area contributed by atoms with Gasteiger partial charge < -0.3 is 4.74 Å². The van der Waals surface area contributed by atoms with Gasteiger partial charge in [0.05, 0.1) is 13.7 Å². The number of halogens is 1. The minimum atomic E-state index is 0.722. The fraction of sp³-hybridized carbons (Fsp3) is 0.360. The molecule has 0 atom stereocenters. The lowest BCUT2D eigenvalue weighted by Gasteiger charge is -2.30. The summed E-state index contributed by atoms with van der Waals surface area (Å²) in [6, 6.07) is 17.0. The molecule has 1 fully saturated rings. The SMILES string of the molecule is COc1ccc(C#[N+]CCN2CCC(Cc3ccc(Cl)cc3)CC2)cc1/C=C/C=O. The molecular weight excluding hydrogens is 396 g/mol. The number of carbonyl (C=O) groups excluding carboxylic acids is 1. The summed E-state index contributed by atoms with van der Waals surface area (Å²) in [5.74, 6) is 1.47. The van der Waals surface area contributed by atoms with Crippen LogP contribution in [0.15, 0.2) is 48.5 Å².